The van der Waals surface area contributed by atoms with E-state index in [0.717, 1.165) is 44.6 Å². The average Bonchev–Trinajstić information content (AvgIpc) is 2.46. The van der Waals surface area contributed by atoms with E-state index in [2.05, 4.69) is 13.8 Å². The lowest BCUT2D eigenvalue weighted by atomic mass is 9.85. The van der Waals surface area contributed by atoms with Crippen LogP contribution < -0.4 is 5.73 Å². The molecule has 0 aromatic rings. The van der Waals surface area contributed by atoms with Gasteiger partial charge in [0.1, 0.15) is 5.60 Å². The minimum atomic E-state index is -0.452. The highest BCUT2D eigenvalue weighted by Crippen LogP contribution is 2.29. The van der Waals surface area contributed by atoms with Crippen molar-refractivity contribution in [3.63, 3.8) is 0 Å². The summed E-state index contributed by atoms with van der Waals surface area (Å²) in [6.07, 6.45) is 7.77. The minimum absolute atomic E-state index is 0.149. The van der Waals surface area contributed by atoms with E-state index < -0.39 is 5.60 Å². The lowest BCUT2D eigenvalue weighted by molar-refractivity contribution is -0.0483. The third-order valence-corrected chi connectivity index (χ3v) is 5.53. The molecule has 0 bridgehead atoms. The van der Waals surface area contributed by atoms with Gasteiger partial charge in [-0.15, -0.1) is 0 Å². The first-order valence-corrected chi connectivity index (χ1v) is 10.0. The van der Waals surface area contributed by atoms with Gasteiger partial charge in [-0.2, -0.15) is 0 Å². The number of amides is 1. The molecule has 0 spiro atoms. The Morgan fingerprint density at radius 2 is 1.64 bits per heavy atom. The van der Waals surface area contributed by atoms with Crippen LogP contribution in [-0.4, -0.2) is 47.4 Å². The van der Waals surface area contributed by atoms with Crippen molar-refractivity contribution < 1.29 is 14.3 Å². The van der Waals surface area contributed by atoms with E-state index in [4.69, 9.17) is 15.2 Å². The Balaban J connectivity index is 1.74. The molecule has 0 aromatic heterocycles. The van der Waals surface area contributed by atoms with Crippen molar-refractivity contribution in [1.29, 1.82) is 0 Å². The second-order valence-corrected chi connectivity index (χ2v) is 9.12. The number of carbonyl (C=O) groups is 1. The second-order valence-electron chi connectivity index (χ2n) is 9.12. The van der Waals surface area contributed by atoms with Crippen LogP contribution in [0.3, 0.4) is 0 Å². The van der Waals surface area contributed by atoms with Crippen LogP contribution in [0.5, 0.6) is 0 Å². The van der Waals surface area contributed by atoms with Crippen LogP contribution in [0.1, 0.15) is 79.6 Å². The quantitative estimate of drug-likeness (QED) is 0.826. The van der Waals surface area contributed by atoms with Crippen molar-refractivity contribution in [1.82, 2.24) is 4.90 Å². The fraction of sp³-hybridized carbons (Fsp3) is 0.950. The molecule has 2 rings (SSSR count). The van der Waals surface area contributed by atoms with E-state index >= 15 is 0 Å². The molecule has 1 aliphatic heterocycles. The minimum Gasteiger partial charge on any atom is -0.444 e. The Morgan fingerprint density at radius 3 is 2.16 bits per heavy atom. The molecule has 0 radical (unpaired) electrons. The largest absolute Gasteiger partial charge is 0.444 e. The first kappa shape index (κ1) is 20.5. The highest BCUT2D eigenvalue weighted by Gasteiger charge is 2.36. The van der Waals surface area contributed by atoms with Crippen LogP contribution in [0.2, 0.25) is 0 Å². The third kappa shape index (κ3) is 6.45. The van der Waals surface area contributed by atoms with Gasteiger partial charge in [0.05, 0.1) is 6.10 Å². The van der Waals surface area contributed by atoms with Gasteiger partial charge in [0.15, 0.2) is 0 Å². The summed E-state index contributed by atoms with van der Waals surface area (Å²) in [4.78, 5) is 14.3. The summed E-state index contributed by atoms with van der Waals surface area (Å²) in [5.41, 5.74) is 5.52. The van der Waals surface area contributed by atoms with E-state index in [0.29, 0.717) is 6.04 Å². The number of piperidine rings is 1. The molecule has 2 fully saturated rings. The van der Waals surface area contributed by atoms with Crippen LogP contribution >= 0.6 is 0 Å². The number of ether oxygens (including phenoxy) is 2. The molecule has 1 saturated heterocycles. The monoisotopic (exact) mass is 354 g/mol. The Hall–Kier alpha value is -0.810. The first-order chi connectivity index (χ1) is 11.7. The van der Waals surface area contributed by atoms with Gasteiger partial charge >= 0.3 is 6.09 Å². The molecule has 1 heterocycles. The molecule has 2 atom stereocenters. The fourth-order valence-electron chi connectivity index (χ4n) is 4.21. The Morgan fingerprint density at radius 1 is 1.08 bits per heavy atom. The molecule has 1 saturated carbocycles. The lowest BCUT2D eigenvalue weighted by Gasteiger charge is -2.42. The maximum absolute atomic E-state index is 12.4. The fourth-order valence-corrected chi connectivity index (χ4v) is 4.21. The van der Waals surface area contributed by atoms with Crippen molar-refractivity contribution in [3.8, 4) is 0 Å². The Labute approximate surface area is 153 Å². The van der Waals surface area contributed by atoms with Crippen LogP contribution in [0.15, 0.2) is 0 Å². The number of nitrogens with two attached hydrogens (primary N) is 1. The van der Waals surface area contributed by atoms with Crippen molar-refractivity contribution in [2.45, 2.75) is 109 Å². The summed E-state index contributed by atoms with van der Waals surface area (Å²) in [6, 6.07) is 0.712. The number of hydrogen-bond donors (Lipinski definition) is 1. The summed E-state index contributed by atoms with van der Waals surface area (Å²) in [5.74, 6) is 0.775. The van der Waals surface area contributed by atoms with Gasteiger partial charge in [0.2, 0.25) is 0 Å². The summed E-state index contributed by atoms with van der Waals surface area (Å²) in [6.45, 7) is 10.8. The zero-order chi connectivity index (χ0) is 18.6. The molecule has 1 amide bonds. The molecule has 5 nitrogen and oxygen atoms in total. The average molecular weight is 355 g/mol. The molecule has 2 aliphatic rings. The van der Waals surface area contributed by atoms with E-state index in [1.54, 1.807) is 0 Å². The summed E-state index contributed by atoms with van der Waals surface area (Å²) < 4.78 is 11.7. The van der Waals surface area contributed by atoms with Gasteiger partial charge in [-0.1, -0.05) is 0 Å². The van der Waals surface area contributed by atoms with Gasteiger partial charge < -0.3 is 20.1 Å². The predicted octanol–water partition coefficient (Wildman–Crippen LogP) is 4.09. The third-order valence-electron chi connectivity index (χ3n) is 5.53. The summed E-state index contributed by atoms with van der Waals surface area (Å²) in [5, 5.41) is 0. The second kappa shape index (κ2) is 8.72. The van der Waals surface area contributed by atoms with Gasteiger partial charge in [0, 0.05) is 24.7 Å². The maximum atomic E-state index is 12.4. The summed E-state index contributed by atoms with van der Waals surface area (Å²) in [7, 11) is 0. The van der Waals surface area contributed by atoms with Crippen molar-refractivity contribution in [2.75, 3.05) is 6.61 Å². The smallest absolute Gasteiger partial charge is 0.410 e. The maximum Gasteiger partial charge on any atom is 0.410 e. The van der Waals surface area contributed by atoms with Gasteiger partial charge in [-0.25, -0.2) is 4.79 Å². The molecule has 1 aliphatic carbocycles. The van der Waals surface area contributed by atoms with E-state index in [1.165, 1.54) is 12.8 Å². The van der Waals surface area contributed by atoms with Gasteiger partial charge in [0.25, 0.3) is 0 Å². The molecule has 0 aromatic carbocycles. The molecular formula is C20H38N2O3. The zero-order valence-electron chi connectivity index (χ0n) is 16.8. The van der Waals surface area contributed by atoms with E-state index in [-0.39, 0.29) is 24.3 Å². The van der Waals surface area contributed by atoms with Crippen LogP contribution in [0, 0.1) is 5.92 Å². The first-order valence-electron chi connectivity index (χ1n) is 10.0. The standard InChI is InChI=1S/C20H38N2O3/c1-14-12-18(24-11-10-16-6-8-17(21)9-7-16)13-15(2)22(14)19(23)25-20(3,4)5/h14-18H,6-13,21H2,1-5H3. The van der Waals surface area contributed by atoms with Crippen molar-refractivity contribution in [2.24, 2.45) is 11.7 Å². The Kier molecular flexibility index (Phi) is 7.15. The zero-order valence-corrected chi connectivity index (χ0v) is 16.8. The van der Waals surface area contributed by atoms with Crippen molar-refractivity contribution >= 4 is 6.09 Å². The highest BCUT2D eigenvalue weighted by atomic mass is 16.6. The molecule has 146 valence electrons. The number of nitrogens with zero attached hydrogens (tertiary/aromatic N) is 1. The molecule has 2 N–H and O–H groups in total. The molecular weight excluding hydrogens is 316 g/mol. The molecule has 5 heteroatoms. The van der Waals surface area contributed by atoms with E-state index in [1.807, 2.05) is 25.7 Å². The topological polar surface area (TPSA) is 64.8 Å². The number of carbonyl (C=O) groups excluding carboxylic acids is 1. The van der Waals surface area contributed by atoms with Gasteiger partial charge in [-0.05, 0) is 85.5 Å². The van der Waals surface area contributed by atoms with Crippen LogP contribution in [0.25, 0.3) is 0 Å². The summed E-state index contributed by atoms with van der Waals surface area (Å²) >= 11 is 0. The highest BCUT2D eigenvalue weighted by molar-refractivity contribution is 5.69. The predicted molar refractivity (Wildman–Crippen MR) is 101 cm³/mol. The molecule has 25 heavy (non-hydrogen) atoms. The van der Waals surface area contributed by atoms with Crippen molar-refractivity contribution in [3.05, 3.63) is 0 Å². The Bertz CT molecular complexity index is 415. The van der Waals surface area contributed by atoms with Crippen LogP contribution in [-0.2, 0) is 9.47 Å². The number of likely N-dealkylation sites (tertiary alicyclic amines) is 1. The molecule has 2 unspecified atom stereocenters. The number of rotatable bonds is 4. The van der Waals surface area contributed by atoms with Crippen LogP contribution in [0.4, 0.5) is 4.79 Å². The normalized spacial score (nSPS) is 34.0. The lowest BCUT2D eigenvalue weighted by Crippen LogP contribution is -2.53. The number of hydrogen-bond acceptors (Lipinski definition) is 4. The SMILES string of the molecule is CC1CC(OCCC2CCC(N)CC2)CC(C)N1C(=O)OC(C)(C)C. The van der Waals surface area contributed by atoms with E-state index in [9.17, 15) is 4.79 Å². The van der Waals surface area contributed by atoms with Gasteiger partial charge in [-0.3, -0.25) is 0 Å².